The predicted molar refractivity (Wildman–Crippen MR) is 391 cm³/mol. The van der Waals surface area contributed by atoms with Crippen molar-refractivity contribution in [3.63, 3.8) is 0 Å². The van der Waals surface area contributed by atoms with Crippen molar-refractivity contribution in [2.24, 2.45) is 0 Å². The fourth-order valence-electron chi connectivity index (χ4n) is 9.70. The first kappa shape index (κ1) is 85.9. The van der Waals surface area contributed by atoms with Crippen molar-refractivity contribution < 1.29 is 42.9 Å². The molecule has 0 heterocycles. The van der Waals surface area contributed by atoms with Crippen LogP contribution in [0.5, 0.6) is 0 Å². The summed E-state index contributed by atoms with van der Waals surface area (Å²) >= 11 is 0. The molecule has 516 valence electrons. The molecule has 0 aliphatic heterocycles. The molecule has 0 aliphatic carbocycles. The molecule has 0 spiro atoms. The van der Waals surface area contributed by atoms with E-state index in [1.807, 2.05) is 21.1 Å². The number of nitrogens with zero attached hydrogens (tertiary/aromatic N) is 1. The first-order valence-corrected chi connectivity index (χ1v) is 36.6. The van der Waals surface area contributed by atoms with Gasteiger partial charge < -0.3 is 28.5 Å². The lowest BCUT2D eigenvalue weighted by atomic mass is 10.0. The highest BCUT2D eigenvalue weighted by molar-refractivity contribution is 5.71. The molecule has 0 bridgehead atoms. The highest BCUT2D eigenvalue weighted by Gasteiger charge is 2.25. The predicted octanol–water partition coefficient (Wildman–Crippen LogP) is 23.2. The second kappa shape index (κ2) is 70.8. The van der Waals surface area contributed by atoms with Gasteiger partial charge in [0.2, 0.25) is 0 Å². The van der Waals surface area contributed by atoms with Gasteiger partial charge in [-0.25, -0.2) is 4.79 Å². The van der Waals surface area contributed by atoms with E-state index in [1.54, 1.807) is 0 Å². The Morgan fingerprint density at radius 1 is 0.341 bits per heavy atom. The van der Waals surface area contributed by atoms with Crippen LogP contribution in [0.25, 0.3) is 0 Å². The van der Waals surface area contributed by atoms with Gasteiger partial charge in [-0.3, -0.25) is 9.59 Å². The van der Waals surface area contributed by atoms with Crippen molar-refractivity contribution >= 4 is 17.9 Å². The van der Waals surface area contributed by atoms with Crippen molar-refractivity contribution in [1.29, 1.82) is 0 Å². The number of hydrogen-bond acceptors (Lipinski definition) is 7. The Kier molecular flexibility index (Phi) is 66.8. The van der Waals surface area contributed by atoms with Gasteiger partial charge in [0, 0.05) is 12.8 Å². The second-order valence-electron chi connectivity index (χ2n) is 25.2. The van der Waals surface area contributed by atoms with Gasteiger partial charge in [0.15, 0.2) is 6.10 Å². The van der Waals surface area contributed by atoms with Crippen LogP contribution in [-0.2, 0) is 33.3 Å². The molecular weight excluding hydrogens is 1130 g/mol. The van der Waals surface area contributed by atoms with Crippen LogP contribution in [0.15, 0.2) is 158 Å². The van der Waals surface area contributed by atoms with Gasteiger partial charge in [0.05, 0.1) is 34.4 Å². The molecule has 91 heavy (non-hydrogen) atoms. The van der Waals surface area contributed by atoms with Gasteiger partial charge >= 0.3 is 17.9 Å². The monoisotopic (exact) mass is 1260 g/mol. The average molecular weight is 1260 g/mol. The normalized spacial score (nSPS) is 13.6. The lowest BCUT2D eigenvalue weighted by molar-refractivity contribution is -0.870. The quantitative estimate of drug-likeness (QED) is 0.0211. The third kappa shape index (κ3) is 72.2. The minimum atomic E-state index is -1.53. The Hall–Kier alpha value is -5.09. The average Bonchev–Trinajstić information content (AvgIpc) is 3.46. The number of likely N-dealkylation sites (N-methyl/N-ethyl adjacent to an activating group) is 1. The molecule has 1 N–H and O–H groups in total. The molecule has 9 heteroatoms. The summed E-state index contributed by atoms with van der Waals surface area (Å²) in [6.07, 6.45) is 102. The van der Waals surface area contributed by atoms with E-state index in [0.29, 0.717) is 17.4 Å². The Morgan fingerprint density at radius 3 is 0.956 bits per heavy atom. The van der Waals surface area contributed by atoms with E-state index in [1.165, 1.54) is 141 Å². The molecule has 0 aliphatic rings. The molecule has 2 atom stereocenters. The number of ether oxygens (including phenoxy) is 4. The molecule has 0 aromatic carbocycles. The Labute approximate surface area is 559 Å². The van der Waals surface area contributed by atoms with Crippen LogP contribution in [0, 0.1) is 0 Å². The third-order valence-corrected chi connectivity index (χ3v) is 15.3. The van der Waals surface area contributed by atoms with Gasteiger partial charge in [0.25, 0.3) is 6.29 Å². The standard InChI is InChI=1S/C82H135NO8/c1-6-8-10-12-14-16-18-20-22-24-26-28-30-32-34-36-38-40-42-44-46-48-50-52-54-56-58-60-62-64-66-68-70-72-79(84)89-76-78(77-90-82(81(86)87)88-75-74-83(3,4)5)91-80(85)73-71-69-67-65-63-61-59-57-55-53-51-49-47-45-43-41-39-37-35-33-31-29-27-25-23-21-19-17-15-13-11-9-7-2/h9,11,15,17-18,20-21,23-24,26-27,29-30,32-33,35,39,41,45,47,51,53,57,59,63,65,78,82H,6-8,10,12-14,16,19,22,25,28,31,34,36-38,40,42-44,46,48-50,52,54-56,58,60-62,64,66-77H2,1-5H3/p+1/b11-9-,17-15-,20-18-,23-21-,26-24-,29-27-,32-30-,35-33-,41-39-,47-45-,53-51-,59-57-,65-63-. The summed E-state index contributed by atoms with van der Waals surface area (Å²) in [5.41, 5.74) is 0. The van der Waals surface area contributed by atoms with Gasteiger partial charge in [0.1, 0.15) is 13.2 Å². The summed E-state index contributed by atoms with van der Waals surface area (Å²) in [7, 11) is 5.95. The van der Waals surface area contributed by atoms with Crippen LogP contribution in [0.2, 0.25) is 0 Å². The number of aliphatic carboxylic acids is 1. The van der Waals surface area contributed by atoms with E-state index >= 15 is 0 Å². The molecule has 2 unspecified atom stereocenters. The maximum Gasteiger partial charge on any atom is 0.361 e. The van der Waals surface area contributed by atoms with Crippen molar-refractivity contribution in [3.05, 3.63) is 158 Å². The largest absolute Gasteiger partial charge is 0.477 e. The Bertz CT molecular complexity index is 2060. The number of quaternary nitrogens is 1. The molecule has 0 saturated heterocycles. The van der Waals surface area contributed by atoms with Gasteiger partial charge in [-0.05, 0) is 128 Å². The van der Waals surface area contributed by atoms with E-state index in [-0.39, 0.29) is 38.6 Å². The summed E-state index contributed by atoms with van der Waals surface area (Å²) in [5.74, 6) is -2.07. The molecule has 0 aromatic heterocycles. The molecule has 0 fully saturated rings. The molecule has 9 nitrogen and oxygen atoms in total. The van der Waals surface area contributed by atoms with Crippen LogP contribution < -0.4 is 0 Å². The van der Waals surface area contributed by atoms with E-state index in [4.69, 9.17) is 18.9 Å². The van der Waals surface area contributed by atoms with Crippen LogP contribution in [0.4, 0.5) is 0 Å². The maximum atomic E-state index is 12.9. The number of allylic oxidation sites excluding steroid dienone is 26. The van der Waals surface area contributed by atoms with Crippen molar-refractivity contribution in [2.45, 2.75) is 296 Å². The molecule has 0 rings (SSSR count). The van der Waals surface area contributed by atoms with Gasteiger partial charge in [-0.15, -0.1) is 0 Å². The smallest absolute Gasteiger partial charge is 0.361 e. The first-order chi connectivity index (χ1) is 44.6. The topological polar surface area (TPSA) is 108 Å². The zero-order valence-electron chi connectivity index (χ0n) is 58.9. The van der Waals surface area contributed by atoms with Gasteiger partial charge in [-0.2, -0.15) is 0 Å². The number of carboxylic acids is 1. The summed E-state index contributed by atoms with van der Waals surface area (Å²) in [5, 5.41) is 9.75. The van der Waals surface area contributed by atoms with Crippen LogP contribution in [-0.4, -0.2) is 87.4 Å². The molecule has 0 aromatic rings. The second-order valence-corrected chi connectivity index (χ2v) is 25.2. The lowest BCUT2D eigenvalue weighted by Crippen LogP contribution is -2.40. The number of hydrogen-bond donors (Lipinski definition) is 1. The van der Waals surface area contributed by atoms with Crippen molar-refractivity contribution in [3.8, 4) is 0 Å². The fourth-order valence-corrected chi connectivity index (χ4v) is 9.70. The minimum Gasteiger partial charge on any atom is -0.477 e. The number of esters is 2. The number of carbonyl (C=O) groups is 3. The summed E-state index contributed by atoms with van der Waals surface area (Å²) in [4.78, 5) is 37.6. The third-order valence-electron chi connectivity index (χ3n) is 15.3. The van der Waals surface area contributed by atoms with Gasteiger partial charge in [-0.1, -0.05) is 300 Å². The number of carbonyl (C=O) groups excluding carboxylic acids is 2. The molecule has 0 radical (unpaired) electrons. The highest BCUT2D eigenvalue weighted by Crippen LogP contribution is 2.17. The Morgan fingerprint density at radius 2 is 0.626 bits per heavy atom. The Balaban J connectivity index is 4.21. The summed E-state index contributed by atoms with van der Waals surface area (Å²) in [6.45, 7) is 4.70. The molecule has 0 amide bonds. The van der Waals surface area contributed by atoms with E-state index in [9.17, 15) is 19.5 Å². The maximum absolute atomic E-state index is 12.9. The number of carboxylic acid groups (broad SMARTS) is 1. The van der Waals surface area contributed by atoms with E-state index in [2.05, 4.69) is 172 Å². The van der Waals surface area contributed by atoms with Crippen molar-refractivity contribution in [2.75, 3.05) is 47.5 Å². The SMILES string of the molecule is CC/C=C\C/C=C\C/C=C\C/C=C\C/C=C\C/C=C\C/C=C\C/C=C\C/C=C\C/C=C\CCCCC(=O)OC(COC(=O)CCCCCCCCCCCCCCCCCCCC/C=C\C/C=C\C/C=C\CCCCCCC)COC(OCC[N+](C)(C)C)C(=O)O. The van der Waals surface area contributed by atoms with Crippen molar-refractivity contribution in [1.82, 2.24) is 0 Å². The van der Waals surface area contributed by atoms with Crippen LogP contribution in [0.3, 0.4) is 0 Å². The fraction of sp³-hybridized carbons (Fsp3) is 0.646. The zero-order valence-corrected chi connectivity index (χ0v) is 58.9. The summed E-state index contributed by atoms with van der Waals surface area (Å²) in [6, 6.07) is 0. The van der Waals surface area contributed by atoms with E-state index in [0.717, 1.165) is 109 Å². The number of rotatable bonds is 66. The van der Waals surface area contributed by atoms with Crippen LogP contribution >= 0.6 is 0 Å². The van der Waals surface area contributed by atoms with Crippen LogP contribution in [0.1, 0.15) is 284 Å². The summed E-state index contributed by atoms with van der Waals surface area (Å²) < 4.78 is 22.9. The first-order valence-electron chi connectivity index (χ1n) is 36.6. The minimum absolute atomic E-state index is 0.171. The zero-order chi connectivity index (χ0) is 66.1. The number of unbranched alkanes of at least 4 members (excludes halogenated alkanes) is 25. The van der Waals surface area contributed by atoms with E-state index < -0.39 is 24.3 Å². The highest BCUT2D eigenvalue weighted by atomic mass is 16.7. The lowest BCUT2D eigenvalue weighted by Gasteiger charge is -2.25. The molecule has 0 saturated carbocycles. The molecular formula is C82H136NO8+.